The fourth-order valence-electron chi connectivity index (χ4n) is 2.98. The number of hydrogen-bond acceptors (Lipinski definition) is 6. The fourth-order valence-corrected chi connectivity index (χ4v) is 3.79. The lowest BCUT2D eigenvalue weighted by molar-refractivity contribution is -0.274. The van der Waals surface area contributed by atoms with E-state index in [1.807, 2.05) is 0 Å². The molecular formula is C20H16F6N4O2S. The van der Waals surface area contributed by atoms with Gasteiger partial charge in [0.1, 0.15) is 11.2 Å². The molecule has 0 saturated carbocycles. The zero-order valence-corrected chi connectivity index (χ0v) is 17.9. The minimum atomic E-state index is -4.93. The number of para-hydroxylation sites is 1. The smallest absolute Gasteiger partial charge is 0.403 e. The van der Waals surface area contributed by atoms with E-state index in [4.69, 9.17) is 0 Å². The maximum atomic E-state index is 13.0. The molecular weight excluding hydrogens is 474 g/mol. The largest absolute Gasteiger partial charge is 0.573 e. The van der Waals surface area contributed by atoms with Crippen molar-refractivity contribution in [1.82, 2.24) is 9.97 Å². The topological polar surface area (TPSA) is 76.1 Å². The summed E-state index contributed by atoms with van der Waals surface area (Å²) in [6.07, 6.45) is -7.87. The Kier molecular flexibility index (Phi) is 6.91. The second-order valence-electron chi connectivity index (χ2n) is 6.45. The van der Waals surface area contributed by atoms with Crippen molar-refractivity contribution in [3.8, 4) is 5.75 Å². The third kappa shape index (κ3) is 5.59. The molecule has 0 aliphatic rings. The van der Waals surface area contributed by atoms with E-state index in [1.54, 1.807) is 6.92 Å². The summed E-state index contributed by atoms with van der Waals surface area (Å²) in [7, 11) is 1.48. The summed E-state index contributed by atoms with van der Waals surface area (Å²) in [6, 6.07) is 4.74. The number of carbonyl (C=O) groups is 1. The van der Waals surface area contributed by atoms with Gasteiger partial charge >= 0.3 is 12.5 Å². The number of hydrogen-bond donors (Lipinski definition) is 2. The van der Waals surface area contributed by atoms with Gasteiger partial charge in [0.25, 0.3) is 5.91 Å². The van der Waals surface area contributed by atoms with E-state index in [0.29, 0.717) is 11.9 Å². The quantitative estimate of drug-likeness (QED) is 0.328. The number of alkyl halides is 6. The van der Waals surface area contributed by atoms with Crippen LogP contribution in [0.1, 0.15) is 23.0 Å². The summed E-state index contributed by atoms with van der Waals surface area (Å²) in [5, 5.41) is 5.52. The number of anilines is 2. The summed E-state index contributed by atoms with van der Waals surface area (Å²) in [5.74, 6) is -0.940. The third-order valence-corrected chi connectivity index (χ3v) is 5.19. The number of nitrogens with one attached hydrogen (secondary N) is 2. The number of thioether (sulfide) groups is 1. The van der Waals surface area contributed by atoms with Crippen LogP contribution in [0.4, 0.5) is 37.7 Å². The van der Waals surface area contributed by atoms with E-state index in [9.17, 15) is 31.1 Å². The van der Waals surface area contributed by atoms with Crippen molar-refractivity contribution in [3.63, 3.8) is 0 Å². The number of ether oxygens (including phenoxy) is 1. The van der Waals surface area contributed by atoms with Crippen molar-refractivity contribution in [2.24, 2.45) is 0 Å². The Labute approximate surface area is 187 Å². The lowest BCUT2D eigenvalue weighted by atomic mass is 10.1. The Bertz CT molecular complexity index is 1180. The molecule has 0 atom stereocenters. The lowest BCUT2D eigenvalue weighted by Crippen LogP contribution is -2.18. The highest BCUT2D eigenvalue weighted by molar-refractivity contribution is 7.99. The Morgan fingerprint density at radius 1 is 1.12 bits per heavy atom. The van der Waals surface area contributed by atoms with Gasteiger partial charge in [0.2, 0.25) is 0 Å². The van der Waals surface area contributed by atoms with Gasteiger partial charge in [-0.15, -0.1) is 24.9 Å². The van der Waals surface area contributed by atoms with Crippen molar-refractivity contribution in [1.29, 1.82) is 0 Å². The van der Waals surface area contributed by atoms with Crippen LogP contribution in [0, 0.1) is 0 Å². The lowest BCUT2D eigenvalue weighted by Gasteiger charge is -2.16. The highest BCUT2D eigenvalue weighted by Crippen LogP contribution is 2.37. The summed E-state index contributed by atoms with van der Waals surface area (Å²) in [5.41, 5.74) is -1.00. The van der Waals surface area contributed by atoms with Crippen molar-refractivity contribution in [2.45, 2.75) is 24.4 Å². The first-order chi connectivity index (χ1) is 15.4. The number of amides is 1. The van der Waals surface area contributed by atoms with Crippen LogP contribution in [0.2, 0.25) is 0 Å². The number of carbonyl (C=O) groups excluding carboxylic acids is 1. The molecule has 2 aromatic heterocycles. The molecule has 0 radical (unpaired) electrons. The van der Waals surface area contributed by atoms with Gasteiger partial charge in [-0.25, -0.2) is 4.98 Å². The highest BCUT2D eigenvalue weighted by Gasteiger charge is 2.33. The molecule has 13 heteroatoms. The number of nitrogens with zero attached hydrogens (tertiary/aromatic N) is 2. The second kappa shape index (κ2) is 9.33. The van der Waals surface area contributed by atoms with E-state index in [2.05, 4.69) is 25.3 Å². The second-order valence-corrected chi connectivity index (χ2v) is 7.76. The van der Waals surface area contributed by atoms with Crippen LogP contribution in [0.3, 0.4) is 0 Å². The number of benzene rings is 1. The number of rotatable bonds is 6. The molecule has 0 aliphatic carbocycles. The van der Waals surface area contributed by atoms with Crippen molar-refractivity contribution in [3.05, 3.63) is 47.9 Å². The van der Waals surface area contributed by atoms with Crippen molar-refractivity contribution < 1.29 is 35.9 Å². The van der Waals surface area contributed by atoms with Crippen LogP contribution >= 0.6 is 11.8 Å². The zero-order chi connectivity index (χ0) is 24.4. The van der Waals surface area contributed by atoms with Crippen LogP contribution in [0.25, 0.3) is 10.9 Å². The van der Waals surface area contributed by atoms with Crippen LogP contribution in [-0.2, 0) is 6.18 Å². The van der Waals surface area contributed by atoms with Gasteiger partial charge in [-0.1, -0.05) is 19.1 Å². The number of fused-ring (bicyclic) bond motifs is 1. The minimum absolute atomic E-state index is 0.0328. The first-order valence-electron chi connectivity index (χ1n) is 9.31. The standard InChI is InChI=1S/C20H16F6N4O2S/c1-3-33-14-7-10(19(21,22)23)8-28-17(14)18(31)30-12-9-29-16-11(15(12)27-2)5-4-6-13(16)32-20(24,25)26/h4-9H,3H2,1-2H3,(H,27,29)(H,30,31). The minimum Gasteiger partial charge on any atom is -0.403 e. The summed E-state index contributed by atoms with van der Waals surface area (Å²) >= 11 is 1.01. The summed E-state index contributed by atoms with van der Waals surface area (Å²) in [4.78, 5) is 20.5. The van der Waals surface area contributed by atoms with E-state index in [1.165, 1.54) is 19.2 Å². The molecule has 2 heterocycles. The molecule has 2 N–H and O–H groups in total. The molecule has 3 aromatic rings. The SMILES string of the molecule is CCSc1cc(C(F)(F)F)cnc1C(=O)Nc1cnc2c(OC(F)(F)F)cccc2c1NC. The Hall–Kier alpha value is -3.22. The average Bonchev–Trinajstić information content (AvgIpc) is 2.72. The van der Waals surface area contributed by atoms with Gasteiger partial charge < -0.3 is 15.4 Å². The average molecular weight is 490 g/mol. The number of aromatic nitrogens is 2. The third-order valence-electron chi connectivity index (χ3n) is 4.28. The van der Waals surface area contributed by atoms with Crippen LogP contribution in [-0.4, -0.2) is 35.0 Å². The number of halogens is 6. The maximum Gasteiger partial charge on any atom is 0.573 e. The molecule has 0 fully saturated rings. The van der Waals surface area contributed by atoms with E-state index in [-0.39, 0.29) is 32.9 Å². The molecule has 176 valence electrons. The molecule has 33 heavy (non-hydrogen) atoms. The predicted octanol–water partition coefficient (Wildman–Crippen LogP) is 5.95. The molecule has 0 unspecified atom stereocenters. The molecule has 0 aliphatic heterocycles. The molecule has 1 amide bonds. The molecule has 0 spiro atoms. The van der Waals surface area contributed by atoms with Gasteiger partial charge in [0, 0.05) is 23.5 Å². The van der Waals surface area contributed by atoms with Gasteiger partial charge in [0.15, 0.2) is 5.75 Å². The monoisotopic (exact) mass is 490 g/mol. The van der Waals surface area contributed by atoms with Gasteiger partial charge in [-0.05, 0) is 17.9 Å². The normalized spacial score (nSPS) is 12.0. The summed E-state index contributed by atoms with van der Waals surface area (Å²) in [6.45, 7) is 1.71. The Balaban J connectivity index is 2.00. The molecule has 0 bridgehead atoms. The van der Waals surface area contributed by atoms with Gasteiger partial charge in [-0.2, -0.15) is 13.2 Å². The van der Waals surface area contributed by atoms with Gasteiger partial charge in [-0.3, -0.25) is 9.78 Å². The van der Waals surface area contributed by atoms with Crippen LogP contribution in [0.15, 0.2) is 41.6 Å². The molecule has 6 nitrogen and oxygen atoms in total. The van der Waals surface area contributed by atoms with E-state index in [0.717, 1.165) is 30.1 Å². The molecule has 3 rings (SSSR count). The van der Waals surface area contributed by atoms with Crippen LogP contribution in [0.5, 0.6) is 5.75 Å². The Morgan fingerprint density at radius 2 is 1.85 bits per heavy atom. The molecule has 1 aromatic carbocycles. The van der Waals surface area contributed by atoms with Crippen molar-refractivity contribution in [2.75, 3.05) is 23.4 Å². The number of pyridine rings is 2. The Morgan fingerprint density at radius 3 is 2.45 bits per heavy atom. The van der Waals surface area contributed by atoms with E-state index < -0.39 is 29.8 Å². The maximum absolute atomic E-state index is 13.0. The van der Waals surface area contributed by atoms with Crippen LogP contribution < -0.4 is 15.4 Å². The first-order valence-corrected chi connectivity index (χ1v) is 10.3. The highest BCUT2D eigenvalue weighted by atomic mass is 32.2. The molecule has 0 saturated heterocycles. The fraction of sp³-hybridized carbons (Fsp3) is 0.250. The van der Waals surface area contributed by atoms with Gasteiger partial charge in [0.05, 0.1) is 23.1 Å². The van der Waals surface area contributed by atoms with E-state index >= 15 is 0 Å². The first kappa shape index (κ1) is 24.4. The summed E-state index contributed by atoms with van der Waals surface area (Å²) < 4.78 is 81.1. The predicted molar refractivity (Wildman–Crippen MR) is 112 cm³/mol. The zero-order valence-electron chi connectivity index (χ0n) is 17.1. The van der Waals surface area contributed by atoms with Crippen molar-refractivity contribution >= 4 is 39.9 Å².